The van der Waals surface area contributed by atoms with Crippen LogP contribution >= 0.6 is 0 Å². The summed E-state index contributed by atoms with van der Waals surface area (Å²) in [7, 11) is 0. The lowest BCUT2D eigenvalue weighted by Gasteiger charge is -2.24. The summed E-state index contributed by atoms with van der Waals surface area (Å²) in [5.74, 6) is -0.588. The normalized spacial score (nSPS) is 18.8. The van der Waals surface area contributed by atoms with Crippen LogP contribution in [0.15, 0.2) is 24.3 Å². The summed E-state index contributed by atoms with van der Waals surface area (Å²) in [6.45, 7) is 2.84. The molecule has 2 N–H and O–H groups in total. The minimum atomic E-state index is -0.956. The number of carbonyl (C=O) groups is 1. The van der Waals surface area contributed by atoms with Gasteiger partial charge in [0.15, 0.2) is 0 Å². The van der Waals surface area contributed by atoms with Crippen LogP contribution in [0, 0.1) is 11.2 Å². The van der Waals surface area contributed by atoms with Crippen LogP contribution < -0.4 is 5.32 Å². The van der Waals surface area contributed by atoms with Crippen molar-refractivity contribution in [1.29, 1.82) is 0 Å². The van der Waals surface area contributed by atoms with Crippen molar-refractivity contribution < 1.29 is 14.3 Å². The summed E-state index contributed by atoms with van der Waals surface area (Å²) in [4.78, 5) is 11.8. The number of aliphatic hydroxyl groups is 1. The molecule has 1 amide bonds. The highest BCUT2D eigenvalue weighted by Crippen LogP contribution is 2.36. The molecule has 1 aliphatic rings. The van der Waals surface area contributed by atoms with E-state index in [4.69, 9.17) is 0 Å². The van der Waals surface area contributed by atoms with Crippen molar-refractivity contribution in [3.8, 4) is 0 Å². The van der Waals surface area contributed by atoms with Crippen LogP contribution in [0.25, 0.3) is 0 Å². The lowest BCUT2D eigenvalue weighted by Crippen LogP contribution is -2.34. The number of amides is 1. The standard InChI is InChI=1S/C16H22FNO2/c1-16(7-2-3-8-16)11-18-15(20)10-14(19)12-5-4-6-13(17)9-12/h4-6,9,14,19H,2-3,7-8,10-11H2,1H3,(H,18,20). The van der Waals surface area contributed by atoms with Crippen molar-refractivity contribution in [2.45, 2.75) is 45.1 Å². The van der Waals surface area contributed by atoms with Crippen LogP contribution in [0.5, 0.6) is 0 Å². The summed E-state index contributed by atoms with van der Waals surface area (Å²) in [5.41, 5.74) is 0.631. The monoisotopic (exact) mass is 279 g/mol. The Kier molecular flexibility index (Phi) is 4.76. The zero-order valence-corrected chi connectivity index (χ0v) is 11.9. The summed E-state index contributed by atoms with van der Waals surface area (Å²) in [5, 5.41) is 12.8. The van der Waals surface area contributed by atoms with Gasteiger partial charge < -0.3 is 10.4 Å². The zero-order chi connectivity index (χ0) is 14.6. The third-order valence-corrected chi connectivity index (χ3v) is 4.14. The lowest BCUT2D eigenvalue weighted by molar-refractivity contribution is -0.123. The van der Waals surface area contributed by atoms with Gasteiger partial charge in [0.1, 0.15) is 5.82 Å². The molecule has 1 unspecified atom stereocenters. The Hall–Kier alpha value is -1.42. The topological polar surface area (TPSA) is 49.3 Å². The van der Waals surface area contributed by atoms with E-state index in [0.29, 0.717) is 12.1 Å². The Bertz CT molecular complexity index is 469. The molecule has 1 aromatic carbocycles. The molecule has 0 aliphatic heterocycles. The first-order chi connectivity index (χ1) is 9.48. The van der Waals surface area contributed by atoms with Gasteiger partial charge in [-0.05, 0) is 36.0 Å². The Labute approximate surface area is 119 Å². The summed E-state index contributed by atoms with van der Waals surface area (Å²) in [6.07, 6.45) is 3.73. The second-order valence-electron chi connectivity index (χ2n) is 6.07. The third kappa shape index (κ3) is 4.04. The van der Waals surface area contributed by atoms with Crippen LogP contribution in [0.3, 0.4) is 0 Å². The predicted octanol–water partition coefficient (Wildman–Crippen LogP) is 2.95. The number of nitrogens with one attached hydrogen (secondary N) is 1. The summed E-state index contributed by atoms with van der Waals surface area (Å²) < 4.78 is 13.1. The van der Waals surface area contributed by atoms with E-state index in [0.717, 1.165) is 12.8 Å². The second kappa shape index (κ2) is 6.35. The Balaban J connectivity index is 1.82. The van der Waals surface area contributed by atoms with Gasteiger partial charge in [0.05, 0.1) is 12.5 Å². The fourth-order valence-corrected chi connectivity index (χ4v) is 2.80. The molecule has 1 fully saturated rings. The second-order valence-corrected chi connectivity index (χ2v) is 6.07. The van der Waals surface area contributed by atoms with E-state index in [-0.39, 0.29) is 17.7 Å². The number of halogens is 1. The molecule has 0 spiro atoms. The molecular weight excluding hydrogens is 257 g/mol. The summed E-state index contributed by atoms with van der Waals surface area (Å²) >= 11 is 0. The van der Waals surface area contributed by atoms with Gasteiger partial charge in [-0.1, -0.05) is 31.9 Å². The average Bonchev–Trinajstić information content (AvgIpc) is 2.84. The first-order valence-electron chi connectivity index (χ1n) is 7.19. The van der Waals surface area contributed by atoms with Gasteiger partial charge in [0.2, 0.25) is 5.91 Å². The molecule has 0 bridgehead atoms. The Morgan fingerprint density at radius 3 is 2.80 bits per heavy atom. The van der Waals surface area contributed by atoms with Gasteiger partial charge in [-0.3, -0.25) is 4.79 Å². The highest BCUT2D eigenvalue weighted by Gasteiger charge is 2.29. The van der Waals surface area contributed by atoms with Crippen LogP contribution in [-0.4, -0.2) is 17.6 Å². The predicted molar refractivity (Wildman–Crippen MR) is 75.6 cm³/mol. The fraction of sp³-hybridized carbons (Fsp3) is 0.562. The molecule has 1 aromatic rings. The maximum Gasteiger partial charge on any atom is 0.222 e. The molecule has 0 radical (unpaired) electrons. The SMILES string of the molecule is CC1(CNC(=O)CC(O)c2cccc(F)c2)CCCC1. The van der Waals surface area contributed by atoms with Crippen LogP contribution in [0.1, 0.15) is 50.7 Å². The van der Waals surface area contributed by atoms with E-state index in [1.54, 1.807) is 6.07 Å². The molecule has 1 aliphatic carbocycles. The molecule has 1 saturated carbocycles. The zero-order valence-electron chi connectivity index (χ0n) is 11.9. The van der Waals surface area contributed by atoms with Crippen molar-refractivity contribution in [1.82, 2.24) is 5.32 Å². The first-order valence-corrected chi connectivity index (χ1v) is 7.19. The Morgan fingerprint density at radius 1 is 1.45 bits per heavy atom. The number of rotatable bonds is 5. The molecule has 0 heterocycles. The van der Waals surface area contributed by atoms with Gasteiger partial charge >= 0.3 is 0 Å². The lowest BCUT2D eigenvalue weighted by atomic mass is 9.89. The molecule has 1 atom stereocenters. The third-order valence-electron chi connectivity index (χ3n) is 4.14. The number of aliphatic hydroxyl groups excluding tert-OH is 1. The van der Waals surface area contributed by atoms with E-state index in [1.165, 1.54) is 31.0 Å². The quantitative estimate of drug-likeness (QED) is 0.870. The van der Waals surface area contributed by atoms with Crippen LogP contribution in [0.2, 0.25) is 0 Å². The molecule has 2 rings (SSSR count). The van der Waals surface area contributed by atoms with Crippen molar-refractivity contribution in [3.05, 3.63) is 35.6 Å². The minimum absolute atomic E-state index is 0.0282. The number of hydrogen-bond donors (Lipinski definition) is 2. The summed E-state index contributed by atoms with van der Waals surface area (Å²) in [6, 6.07) is 5.73. The van der Waals surface area contributed by atoms with Crippen molar-refractivity contribution in [2.24, 2.45) is 5.41 Å². The average molecular weight is 279 g/mol. The number of benzene rings is 1. The van der Waals surface area contributed by atoms with Crippen LogP contribution in [0.4, 0.5) is 4.39 Å². The Morgan fingerprint density at radius 2 is 2.15 bits per heavy atom. The highest BCUT2D eigenvalue weighted by molar-refractivity contribution is 5.76. The molecule has 0 aromatic heterocycles. The molecule has 20 heavy (non-hydrogen) atoms. The number of hydrogen-bond acceptors (Lipinski definition) is 2. The fourth-order valence-electron chi connectivity index (χ4n) is 2.80. The van der Waals surface area contributed by atoms with Crippen molar-refractivity contribution >= 4 is 5.91 Å². The molecule has 110 valence electrons. The van der Waals surface area contributed by atoms with E-state index < -0.39 is 11.9 Å². The maximum atomic E-state index is 13.1. The van der Waals surface area contributed by atoms with Crippen molar-refractivity contribution in [2.75, 3.05) is 6.54 Å². The molecule has 3 nitrogen and oxygen atoms in total. The smallest absolute Gasteiger partial charge is 0.222 e. The highest BCUT2D eigenvalue weighted by atomic mass is 19.1. The van der Waals surface area contributed by atoms with Gasteiger partial charge in [-0.2, -0.15) is 0 Å². The van der Waals surface area contributed by atoms with E-state index in [9.17, 15) is 14.3 Å². The molecule has 0 saturated heterocycles. The first kappa shape index (κ1) is 15.0. The van der Waals surface area contributed by atoms with Gasteiger partial charge in [0, 0.05) is 6.54 Å². The maximum absolute atomic E-state index is 13.1. The number of carbonyl (C=O) groups excluding carboxylic acids is 1. The van der Waals surface area contributed by atoms with Gasteiger partial charge in [0.25, 0.3) is 0 Å². The van der Waals surface area contributed by atoms with E-state index in [1.807, 2.05) is 0 Å². The van der Waals surface area contributed by atoms with Gasteiger partial charge in [-0.25, -0.2) is 4.39 Å². The van der Waals surface area contributed by atoms with E-state index in [2.05, 4.69) is 12.2 Å². The molecular formula is C16H22FNO2. The van der Waals surface area contributed by atoms with Gasteiger partial charge in [-0.15, -0.1) is 0 Å². The van der Waals surface area contributed by atoms with Crippen LogP contribution in [-0.2, 0) is 4.79 Å². The minimum Gasteiger partial charge on any atom is -0.388 e. The van der Waals surface area contributed by atoms with Crippen molar-refractivity contribution in [3.63, 3.8) is 0 Å². The molecule has 4 heteroatoms. The van der Waals surface area contributed by atoms with E-state index >= 15 is 0 Å². The largest absolute Gasteiger partial charge is 0.388 e.